The molecule has 5 rings (SSSR count). The molecule has 222 valence electrons. The number of ether oxygens (including phenoxy) is 3. The number of nitrogens with two attached hydrogens (primary N) is 1. The number of anilines is 1. The lowest BCUT2D eigenvalue weighted by atomic mass is 9.89. The number of hydrogen-bond acceptors (Lipinski definition) is 9. The first-order valence-corrected chi connectivity index (χ1v) is 13.5. The van der Waals surface area contributed by atoms with E-state index in [-0.39, 0.29) is 41.6 Å². The fraction of sp³-hybridized carbons (Fsp3) is 0.379. The number of halogens is 2. The van der Waals surface area contributed by atoms with Crippen LogP contribution < -0.4 is 20.7 Å². The molecule has 4 aromatic rings. The summed E-state index contributed by atoms with van der Waals surface area (Å²) in [5.41, 5.74) is 8.81. The number of nitrogens with one attached hydrogen (secondary N) is 1. The Morgan fingerprint density at radius 1 is 1.12 bits per heavy atom. The molecule has 1 amide bonds. The number of rotatable bonds is 9. The molecule has 1 aliphatic heterocycles. The molecular weight excluding hydrogens is 548 g/mol. The zero-order chi connectivity index (χ0) is 29.8. The van der Waals surface area contributed by atoms with Gasteiger partial charge in [-0.3, -0.25) is 4.98 Å². The predicted molar refractivity (Wildman–Crippen MR) is 151 cm³/mol. The Labute approximate surface area is 241 Å². The molecule has 0 bridgehead atoms. The van der Waals surface area contributed by atoms with Crippen molar-refractivity contribution in [2.75, 3.05) is 45.4 Å². The van der Waals surface area contributed by atoms with E-state index in [0.29, 0.717) is 37.5 Å². The number of methoxy groups -OCH3 is 2. The summed E-state index contributed by atoms with van der Waals surface area (Å²) < 4.78 is 46.7. The standard InChI is InChI=1S/C29H33F2N7O4/c1-17-15-37(16-23(32)28(17)35-29(39)41-3)25-6-7-33-13-18(25)10-26-34-14-19-4-5-24(36-38(19)26)27-21(30)11-20(12-22(27)31)42-9-8-40-2/h4-7,11-14,17,23,28H,8-10,15-16,32H2,1-3H3,(H,35,39)/t17-,23+,28-/m0/s1. The number of piperidine rings is 1. The van der Waals surface area contributed by atoms with Gasteiger partial charge in [-0.2, -0.15) is 5.10 Å². The van der Waals surface area contributed by atoms with Crippen LogP contribution in [0, 0.1) is 17.6 Å². The Balaban J connectivity index is 1.40. The summed E-state index contributed by atoms with van der Waals surface area (Å²) in [6, 6.07) is 6.89. The number of imidazole rings is 1. The minimum absolute atomic E-state index is 0.0481. The van der Waals surface area contributed by atoms with Gasteiger partial charge < -0.3 is 30.2 Å². The summed E-state index contributed by atoms with van der Waals surface area (Å²) in [5, 5.41) is 7.39. The number of carbonyl (C=O) groups excluding carboxylic acids is 1. The van der Waals surface area contributed by atoms with Gasteiger partial charge in [-0.25, -0.2) is 23.1 Å². The van der Waals surface area contributed by atoms with Gasteiger partial charge in [-0.15, -0.1) is 0 Å². The topological polar surface area (TPSA) is 129 Å². The third-order valence-electron chi connectivity index (χ3n) is 7.33. The van der Waals surface area contributed by atoms with E-state index in [1.54, 1.807) is 35.2 Å². The van der Waals surface area contributed by atoms with Crippen molar-refractivity contribution in [3.63, 3.8) is 0 Å². The number of aromatic nitrogens is 4. The molecule has 0 unspecified atom stereocenters. The van der Waals surface area contributed by atoms with Crippen LogP contribution in [-0.4, -0.2) is 78.3 Å². The molecule has 1 aromatic carbocycles. The van der Waals surface area contributed by atoms with Gasteiger partial charge >= 0.3 is 6.09 Å². The van der Waals surface area contributed by atoms with E-state index in [1.165, 1.54) is 14.2 Å². The van der Waals surface area contributed by atoms with Gasteiger partial charge in [0.15, 0.2) is 0 Å². The van der Waals surface area contributed by atoms with Crippen LogP contribution in [-0.2, 0) is 15.9 Å². The number of nitrogens with zero attached hydrogens (tertiary/aromatic N) is 5. The zero-order valence-corrected chi connectivity index (χ0v) is 23.6. The van der Waals surface area contributed by atoms with Crippen LogP contribution in [0.1, 0.15) is 18.3 Å². The molecule has 13 heteroatoms. The molecule has 3 aromatic heterocycles. The van der Waals surface area contributed by atoms with Crippen molar-refractivity contribution >= 4 is 17.3 Å². The van der Waals surface area contributed by atoms with Gasteiger partial charge in [0.05, 0.1) is 42.7 Å². The summed E-state index contributed by atoms with van der Waals surface area (Å²) in [7, 11) is 2.84. The summed E-state index contributed by atoms with van der Waals surface area (Å²) in [6.45, 7) is 3.64. The molecule has 1 fully saturated rings. The van der Waals surface area contributed by atoms with E-state index >= 15 is 8.78 Å². The maximum absolute atomic E-state index is 15.0. The van der Waals surface area contributed by atoms with Crippen molar-refractivity contribution in [2.24, 2.45) is 11.7 Å². The smallest absolute Gasteiger partial charge is 0.407 e. The van der Waals surface area contributed by atoms with Crippen molar-refractivity contribution in [1.82, 2.24) is 24.9 Å². The van der Waals surface area contributed by atoms with Crippen molar-refractivity contribution < 1.29 is 27.8 Å². The lowest BCUT2D eigenvalue weighted by Crippen LogP contribution is -2.62. The average molecular weight is 582 g/mol. The number of alkyl carbamates (subject to hydrolysis) is 1. The highest BCUT2D eigenvalue weighted by Crippen LogP contribution is 2.30. The van der Waals surface area contributed by atoms with E-state index in [1.807, 2.05) is 13.0 Å². The molecule has 0 saturated carbocycles. The van der Waals surface area contributed by atoms with Crippen LogP contribution in [0.4, 0.5) is 19.3 Å². The quantitative estimate of drug-likeness (QED) is 0.286. The van der Waals surface area contributed by atoms with Gasteiger partial charge in [-0.1, -0.05) is 6.92 Å². The molecule has 11 nitrogen and oxygen atoms in total. The van der Waals surface area contributed by atoms with Gasteiger partial charge in [0.1, 0.15) is 29.8 Å². The van der Waals surface area contributed by atoms with Crippen molar-refractivity contribution in [1.29, 1.82) is 0 Å². The van der Waals surface area contributed by atoms with Crippen LogP contribution in [0.3, 0.4) is 0 Å². The van der Waals surface area contributed by atoms with Gasteiger partial charge in [0, 0.05) is 68.4 Å². The highest BCUT2D eigenvalue weighted by Gasteiger charge is 2.34. The monoisotopic (exact) mass is 581 g/mol. The maximum Gasteiger partial charge on any atom is 0.407 e. The molecule has 3 N–H and O–H groups in total. The zero-order valence-electron chi connectivity index (χ0n) is 23.6. The fourth-order valence-corrected chi connectivity index (χ4v) is 5.31. The first-order valence-electron chi connectivity index (χ1n) is 13.5. The summed E-state index contributed by atoms with van der Waals surface area (Å²) in [5.74, 6) is -0.895. The minimum Gasteiger partial charge on any atom is -0.491 e. The second-order valence-electron chi connectivity index (χ2n) is 10.2. The lowest BCUT2D eigenvalue weighted by Gasteiger charge is -2.42. The number of fused-ring (bicyclic) bond motifs is 1. The normalized spacial score (nSPS) is 18.7. The molecule has 1 aliphatic rings. The van der Waals surface area contributed by atoms with Crippen LogP contribution >= 0.6 is 0 Å². The first-order chi connectivity index (χ1) is 20.3. The Bertz CT molecular complexity index is 1530. The average Bonchev–Trinajstić information content (AvgIpc) is 3.36. The van der Waals surface area contributed by atoms with Crippen LogP contribution in [0.15, 0.2) is 48.9 Å². The van der Waals surface area contributed by atoms with Crippen molar-refractivity contribution in [3.05, 3.63) is 71.9 Å². The highest BCUT2D eigenvalue weighted by molar-refractivity contribution is 5.68. The second kappa shape index (κ2) is 12.7. The largest absolute Gasteiger partial charge is 0.491 e. The molecule has 4 heterocycles. The summed E-state index contributed by atoms with van der Waals surface area (Å²) in [6.07, 6.45) is 4.97. The molecular formula is C29H33F2N7O4. The third kappa shape index (κ3) is 6.11. The maximum atomic E-state index is 15.0. The Kier molecular flexibility index (Phi) is 8.78. The van der Waals surface area contributed by atoms with E-state index in [9.17, 15) is 4.79 Å². The molecule has 3 atom stereocenters. The van der Waals surface area contributed by atoms with E-state index in [2.05, 4.69) is 25.3 Å². The molecule has 0 aliphatic carbocycles. The van der Waals surface area contributed by atoms with Crippen LogP contribution in [0.5, 0.6) is 5.75 Å². The van der Waals surface area contributed by atoms with E-state index < -0.39 is 17.7 Å². The van der Waals surface area contributed by atoms with Gasteiger partial charge in [0.2, 0.25) is 0 Å². The summed E-state index contributed by atoms with van der Waals surface area (Å²) in [4.78, 5) is 22.8. The number of hydrogen-bond donors (Lipinski definition) is 2. The second-order valence-corrected chi connectivity index (χ2v) is 10.2. The van der Waals surface area contributed by atoms with Crippen molar-refractivity contribution in [3.8, 4) is 17.0 Å². The van der Waals surface area contributed by atoms with E-state index in [4.69, 9.17) is 19.9 Å². The van der Waals surface area contributed by atoms with Gasteiger partial charge in [0.25, 0.3) is 0 Å². The van der Waals surface area contributed by atoms with E-state index in [0.717, 1.165) is 23.4 Å². The highest BCUT2D eigenvalue weighted by atomic mass is 19.1. The third-order valence-corrected chi connectivity index (χ3v) is 7.33. The summed E-state index contributed by atoms with van der Waals surface area (Å²) >= 11 is 0. The van der Waals surface area contributed by atoms with Crippen LogP contribution in [0.2, 0.25) is 0 Å². The Morgan fingerprint density at radius 2 is 1.90 bits per heavy atom. The number of carbonyl (C=O) groups is 1. The Morgan fingerprint density at radius 3 is 2.62 bits per heavy atom. The first kappa shape index (κ1) is 29.1. The molecule has 42 heavy (non-hydrogen) atoms. The SMILES string of the molecule is COCCOc1cc(F)c(-c2ccc3cnc(Cc4cnccc4N4C[C@@H](N)[C@@H](NC(=O)OC)[C@@H](C)C4)n3n2)c(F)c1. The minimum atomic E-state index is -0.791. The lowest BCUT2D eigenvalue weighted by molar-refractivity contribution is 0.146. The van der Waals surface area contributed by atoms with Crippen LogP contribution in [0.25, 0.3) is 16.8 Å². The number of pyridine rings is 1. The number of benzene rings is 1. The molecule has 0 spiro atoms. The fourth-order valence-electron chi connectivity index (χ4n) is 5.31. The van der Waals surface area contributed by atoms with Gasteiger partial charge in [-0.05, 0) is 24.1 Å². The van der Waals surface area contributed by atoms with Crippen molar-refractivity contribution in [2.45, 2.75) is 25.4 Å². The predicted octanol–water partition coefficient (Wildman–Crippen LogP) is 3.19. The molecule has 1 saturated heterocycles. The number of amides is 1. The molecule has 0 radical (unpaired) electrons. The Hall–Kier alpha value is -4.36.